The molecule has 0 aliphatic heterocycles. The average molecular weight is 263 g/mol. The van der Waals surface area contributed by atoms with Crippen molar-refractivity contribution in [2.24, 2.45) is 0 Å². The Labute approximate surface area is 104 Å². The molecule has 0 fully saturated rings. The van der Waals surface area contributed by atoms with Gasteiger partial charge in [-0.1, -0.05) is 0 Å². The van der Waals surface area contributed by atoms with Gasteiger partial charge in [-0.3, -0.25) is 13.8 Å². The second-order valence-corrected chi connectivity index (χ2v) is 6.19. The van der Waals surface area contributed by atoms with Crippen molar-refractivity contribution in [2.45, 2.75) is 4.21 Å². The second-order valence-electron chi connectivity index (χ2n) is 3.53. The molecule has 86 valence electrons. The molecule has 0 aromatic carbocycles. The maximum atomic E-state index is 11.4. The van der Waals surface area contributed by atoms with Gasteiger partial charge in [-0.15, -0.1) is 11.3 Å². The lowest BCUT2D eigenvalue weighted by atomic mass is 10.4. The molecule has 0 aliphatic carbocycles. The molecule has 3 heterocycles. The first kappa shape index (κ1) is 10.6. The van der Waals surface area contributed by atoms with E-state index in [1.807, 2.05) is 22.8 Å². The molecule has 0 spiro atoms. The topological polar surface area (TPSA) is 47.8 Å². The molecule has 0 saturated heterocycles. The largest absolute Gasteiger partial charge is 0.290 e. The number of fused-ring (bicyclic) bond motifs is 1. The zero-order valence-corrected chi connectivity index (χ0v) is 10.7. The molecule has 3 aromatic rings. The molecule has 3 rings (SSSR count). The Morgan fingerprint density at radius 1 is 1.35 bits per heavy atom. The molecule has 1 atom stereocenters. The van der Waals surface area contributed by atoms with Gasteiger partial charge in [0, 0.05) is 12.5 Å². The van der Waals surface area contributed by atoms with Crippen LogP contribution in [0.2, 0.25) is 0 Å². The van der Waals surface area contributed by atoms with Crippen LogP contribution in [0.15, 0.2) is 41.1 Å². The molecule has 0 radical (unpaired) electrons. The van der Waals surface area contributed by atoms with Crippen LogP contribution in [0.5, 0.6) is 0 Å². The van der Waals surface area contributed by atoms with Crippen molar-refractivity contribution in [1.29, 1.82) is 0 Å². The second kappa shape index (κ2) is 4.05. The zero-order chi connectivity index (χ0) is 11.8. The van der Waals surface area contributed by atoms with Gasteiger partial charge in [-0.25, -0.2) is 4.98 Å². The molecule has 1 unspecified atom stereocenters. The number of hydrogen-bond donors (Lipinski definition) is 0. The number of imidazole rings is 1. The molecular formula is C11H9N3OS2. The van der Waals surface area contributed by atoms with Crippen LogP contribution in [0.3, 0.4) is 0 Å². The lowest BCUT2D eigenvalue weighted by Gasteiger charge is -1.98. The van der Waals surface area contributed by atoms with Gasteiger partial charge >= 0.3 is 0 Å². The molecule has 0 aliphatic rings. The van der Waals surface area contributed by atoms with Crippen LogP contribution >= 0.6 is 11.3 Å². The number of rotatable bonds is 2. The molecular weight excluding hydrogens is 254 g/mol. The summed E-state index contributed by atoms with van der Waals surface area (Å²) >= 11 is 1.52. The Morgan fingerprint density at radius 3 is 3.00 bits per heavy atom. The van der Waals surface area contributed by atoms with Gasteiger partial charge in [-0.2, -0.15) is 0 Å². The summed E-state index contributed by atoms with van der Waals surface area (Å²) < 4.78 is 14.2. The van der Waals surface area contributed by atoms with Gasteiger partial charge in [0.2, 0.25) is 0 Å². The van der Waals surface area contributed by atoms with Gasteiger partial charge in [0.15, 0.2) is 0 Å². The summed E-state index contributed by atoms with van der Waals surface area (Å²) in [6.07, 6.45) is 6.93. The number of nitrogens with zero attached hydrogens (tertiary/aromatic N) is 3. The van der Waals surface area contributed by atoms with Crippen molar-refractivity contribution in [3.63, 3.8) is 0 Å². The fraction of sp³-hybridized carbons (Fsp3) is 0.0909. The maximum Gasteiger partial charge on any atom is 0.107 e. The van der Waals surface area contributed by atoms with Crippen molar-refractivity contribution >= 4 is 33.2 Å². The Balaban J connectivity index is 2.17. The lowest BCUT2D eigenvalue weighted by Crippen LogP contribution is -1.87. The van der Waals surface area contributed by atoms with Crippen LogP contribution in [0.4, 0.5) is 0 Å². The summed E-state index contributed by atoms with van der Waals surface area (Å²) in [6.45, 7) is 0. The third-order valence-corrected chi connectivity index (χ3v) is 4.97. The molecule has 0 amide bonds. The Hall–Kier alpha value is -1.53. The lowest BCUT2D eigenvalue weighted by molar-refractivity contribution is 0.688. The van der Waals surface area contributed by atoms with E-state index in [1.54, 1.807) is 25.0 Å². The molecule has 0 saturated carbocycles. The number of aromatic nitrogens is 3. The van der Waals surface area contributed by atoms with Crippen molar-refractivity contribution < 1.29 is 4.21 Å². The summed E-state index contributed by atoms with van der Waals surface area (Å²) in [7, 11) is -0.931. The minimum absolute atomic E-state index is 0.861. The van der Waals surface area contributed by atoms with E-state index in [0.717, 1.165) is 20.2 Å². The van der Waals surface area contributed by atoms with E-state index in [1.165, 1.54) is 11.3 Å². The maximum absolute atomic E-state index is 11.4. The first-order valence-electron chi connectivity index (χ1n) is 4.96. The highest BCUT2D eigenvalue weighted by molar-refractivity contribution is 7.86. The smallest absolute Gasteiger partial charge is 0.107 e. The van der Waals surface area contributed by atoms with Crippen LogP contribution < -0.4 is 0 Å². The van der Waals surface area contributed by atoms with E-state index < -0.39 is 10.8 Å². The molecule has 3 aromatic heterocycles. The van der Waals surface area contributed by atoms with Crippen LogP contribution in [0, 0.1) is 0 Å². The Bertz CT molecular complexity index is 701. The standard InChI is InChI=1S/C11H9N3OS2/c1-17(15)11-3-2-10(16-11)14-7-13-8-6-12-5-4-9(8)14/h2-7H,1H3. The third-order valence-electron chi connectivity index (χ3n) is 2.44. The Morgan fingerprint density at radius 2 is 2.24 bits per heavy atom. The summed E-state index contributed by atoms with van der Waals surface area (Å²) in [6, 6.07) is 5.77. The molecule has 6 heteroatoms. The van der Waals surface area contributed by atoms with Crippen molar-refractivity contribution in [3.05, 3.63) is 36.9 Å². The van der Waals surface area contributed by atoms with Crippen LogP contribution in [-0.4, -0.2) is 25.0 Å². The minimum Gasteiger partial charge on any atom is -0.290 e. The van der Waals surface area contributed by atoms with Crippen molar-refractivity contribution in [2.75, 3.05) is 6.26 Å². The average Bonchev–Trinajstić information content (AvgIpc) is 2.95. The first-order chi connectivity index (χ1) is 8.25. The summed E-state index contributed by atoms with van der Waals surface area (Å²) in [5.41, 5.74) is 1.87. The number of thiophene rings is 1. The third kappa shape index (κ3) is 1.79. The number of hydrogen-bond acceptors (Lipinski definition) is 4. The fourth-order valence-corrected chi connectivity index (χ4v) is 3.34. The SMILES string of the molecule is CS(=O)c1ccc(-n2cnc3cnccc32)s1. The first-order valence-corrected chi connectivity index (χ1v) is 7.34. The quantitative estimate of drug-likeness (QED) is 0.712. The van der Waals surface area contributed by atoms with Crippen LogP contribution in [-0.2, 0) is 10.8 Å². The van der Waals surface area contributed by atoms with Gasteiger partial charge in [-0.05, 0) is 18.2 Å². The predicted octanol–water partition coefficient (Wildman–Crippen LogP) is 2.22. The van der Waals surface area contributed by atoms with Crippen molar-refractivity contribution in [3.8, 4) is 5.00 Å². The Kier molecular flexibility index (Phi) is 2.53. The van der Waals surface area contributed by atoms with Crippen LogP contribution in [0.25, 0.3) is 16.0 Å². The van der Waals surface area contributed by atoms with Gasteiger partial charge in [0.25, 0.3) is 0 Å². The highest BCUT2D eigenvalue weighted by Gasteiger charge is 2.08. The van der Waals surface area contributed by atoms with E-state index in [4.69, 9.17) is 0 Å². The van der Waals surface area contributed by atoms with E-state index >= 15 is 0 Å². The van der Waals surface area contributed by atoms with Crippen LogP contribution in [0.1, 0.15) is 0 Å². The summed E-state index contributed by atoms with van der Waals surface area (Å²) in [5.74, 6) is 0. The van der Waals surface area contributed by atoms with E-state index in [-0.39, 0.29) is 0 Å². The normalized spacial score (nSPS) is 13.0. The highest BCUT2D eigenvalue weighted by Crippen LogP contribution is 2.25. The highest BCUT2D eigenvalue weighted by atomic mass is 32.2. The fourth-order valence-electron chi connectivity index (χ4n) is 1.63. The number of pyridine rings is 1. The molecule has 4 nitrogen and oxygen atoms in total. The van der Waals surface area contributed by atoms with Gasteiger partial charge in [0.1, 0.15) is 16.8 Å². The van der Waals surface area contributed by atoms with E-state index in [9.17, 15) is 4.21 Å². The van der Waals surface area contributed by atoms with Crippen molar-refractivity contribution in [1.82, 2.24) is 14.5 Å². The predicted molar refractivity (Wildman–Crippen MR) is 69.1 cm³/mol. The van der Waals surface area contributed by atoms with Gasteiger partial charge in [0.05, 0.1) is 26.7 Å². The van der Waals surface area contributed by atoms with E-state index in [2.05, 4.69) is 9.97 Å². The molecule has 0 N–H and O–H groups in total. The summed E-state index contributed by atoms with van der Waals surface area (Å²) in [5, 5.41) is 1.02. The zero-order valence-electron chi connectivity index (χ0n) is 9.03. The monoisotopic (exact) mass is 263 g/mol. The van der Waals surface area contributed by atoms with Gasteiger partial charge < -0.3 is 0 Å². The van der Waals surface area contributed by atoms with E-state index in [0.29, 0.717) is 0 Å². The molecule has 0 bridgehead atoms. The molecule has 17 heavy (non-hydrogen) atoms. The minimum atomic E-state index is -0.931. The summed E-state index contributed by atoms with van der Waals surface area (Å²) in [4.78, 5) is 8.31.